The highest BCUT2D eigenvalue weighted by atomic mass is 16.6. The van der Waals surface area contributed by atoms with Crippen LogP contribution in [0.3, 0.4) is 0 Å². The quantitative estimate of drug-likeness (QED) is 0.656. The van der Waals surface area contributed by atoms with Crippen molar-refractivity contribution >= 4 is 12.1 Å². The fraction of sp³-hybridized carbons (Fsp3) is 0.588. The summed E-state index contributed by atoms with van der Waals surface area (Å²) in [6.45, 7) is 8.43. The van der Waals surface area contributed by atoms with Crippen LogP contribution in [0, 0.1) is 0 Å². The van der Waals surface area contributed by atoms with Gasteiger partial charge >= 0.3 is 6.09 Å². The zero-order valence-corrected chi connectivity index (χ0v) is 15.4. The van der Waals surface area contributed by atoms with Gasteiger partial charge in [0.1, 0.15) is 5.60 Å². The minimum atomic E-state index is -0.485. The summed E-state index contributed by atoms with van der Waals surface area (Å²) in [4.78, 5) is 24.3. The number of pyridine rings is 1. The third-order valence-electron chi connectivity index (χ3n) is 3.69. The Labute approximate surface area is 148 Å². The molecule has 0 atom stereocenters. The van der Waals surface area contributed by atoms with Crippen LogP contribution in [-0.4, -0.2) is 65.7 Å². The Morgan fingerprint density at radius 3 is 2.40 bits per heavy atom. The van der Waals surface area contributed by atoms with Gasteiger partial charge in [-0.2, -0.15) is 0 Å². The number of nitrogens with zero attached hydrogens (tertiary/aromatic N) is 4. The number of hydrogen-bond acceptors (Lipinski definition) is 5. The third kappa shape index (κ3) is 5.81. The van der Waals surface area contributed by atoms with Gasteiger partial charge < -0.3 is 25.0 Å². The van der Waals surface area contributed by atoms with E-state index in [9.17, 15) is 4.79 Å². The molecule has 25 heavy (non-hydrogen) atoms. The number of aromatic nitrogens is 1. The highest BCUT2D eigenvalue weighted by Gasteiger charge is 2.26. The Bertz CT molecular complexity index is 602. The first-order valence-corrected chi connectivity index (χ1v) is 8.30. The van der Waals surface area contributed by atoms with Crippen LogP contribution in [0.5, 0.6) is 5.88 Å². The molecule has 2 heterocycles. The van der Waals surface area contributed by atoms with Crippen LogP contribution in [0.1, 0.15) is 26.3 Å². The van der Waals surface area contributed by atoms with E-state index in [-0.39, 0.29) is 6.09 Å². The number of carbonyl (C=O) groups is 1. The van der Waals surface area contributed by atoms with Crippen molar-refractivity contribution in [2.75, 3.05) is 33.3 Å². The molecule has 0 aromatic carbocycles. The van der Waals surface area contributed by atoms with Crippen LogP contribution in [0.25, 0.3) is 0 Å². The van der Waals surface area contributed by atoms with E-state index in [2.05, 4.69) is 9.98 Å². The Hall–Kier alpha value is -2.51. The highest BCUT2D eigenvalue weighted by Crippen LogP contribution is 2.12. The molecule has 2 rings (SSSR count). The van der Waals surface area contributed by atoms with Crippen molar-refractivity contribution in [1.29, 1.82) is 0 Å². The summed E-state index contributed by atoms with van der Waals surface area (Å²) in [6, 6.07) is 3.70. The highest BCUT2D eigenvalue weighted by molar-refractivity contribution is 5.78. The predicted octanol–water partition coefficient (Wildman–Crippen LogP) is 1.46. The molecule has 8 nitrogen and oxygen atoms in total. The fourth-order valence-electron chi connectivity index (χ4n) is 2.34. The van der Waals surface area contributed by atoms with E-state index in [1.165, 1.54) is 0 Å². The summed E-state index contributed by atoms with van der Waals surface area (Å²) in [5, 5.41) is 0. The number of carbonyl (C=O) groups excluding carboxylic acids is 1. The Kier molecular flexibility index (Phi) is 6.06. The van der Waals surface area contributed by atoms with E-state index in [0.29, 0.717) is 44.6 Å². The van der Waals surface area contributed by atoms with Crippen LogP contribution >= 0.6 is 0 Å². The van der Waals surface area contributed by atoms with Gasteiger partial charge in [0.25, 0.3) is 0 Å². The second-order valence-corrected chi connectivity index (χ2v) is 6.84. The lowest BCUT2D eigenvalue weighted by atomic mass is 10.2. The van der Waals surface area contributed by atoms with E-state index in [1.807, 2.05) is 31.7 Å². The number of guanidine groups is 1. The Morgan fingerprint density at radius 1 is 1.24 bits per heavy atom. The lowest BCUT2D eigenvalue weighted by Gasteiger charge is -2.36. The first kappa shape index (κ1) is 18.8. The summed E-state index contributed by atoms with van der Waals surface area (Å²) in [6.07, 6.45) is 1.43. The molecule has 1 aliphatic heterocycles. The monoisotopic (exact) mass is 349 g/mol. The normalized spacial score (nSPS) is 15.9. The van der Waals surface area contributed by atoms with Crippen LogP contribution in [0.2, 0.25) is 0 Å². The van der Waals surface area contributed by atoms with Gasteiger partial charge in [-0.25, -0.2) is 14.8 Å². The van der Waals surface area contributed by atoms with Crippen molar-refractivity contribution in [3.05, 3.63) is 23.9 Å². The number of hydrogen-bond donors (Lipinski definition) is 1. The Balaban J connectivity index is 1.83. The Morgan fingerprint density at radius 2 is 1.88 bits per heavy atom. The van der Waals surface area contributed by atoms with Gasteiger partial charge in [0.2, 0.25) is 5.88 Å². The number of rotatable bonds is 3. The van der Waals surface area contributed by atoms with E-state index in [0.717, 1.165) is 5.56 Å². The fourth-order valence-corrected chi connectivity index (χ4v) is 2.34. The smallest absolute Gasteiger partial charge is 0.410 e. The number of aliphatic imine (C=N–C) groups is 1. The van der Waals surface area contributed by atoms with Gasteiger partial charge in [-0.15, -0.1) is 0 Å². The van der Waals surface area contributed by atoms with Gasteiger partial charge in [0.15, 0.2) is 5.96 Å². The standard InChI is InChI=1S/C17H27N5O3/c1-17(2,3)25-16(23)22-9-7-21(8-10-22)15(18)20-12-13-5-6-14(24-4)19-11-13/h5-6,11H,7-10,12H2,1-4H3,(H2,18,20). The van der Waals surface area contributed by atoms with Gasteiger partial charge in [0, 0.05) is 38.4 Å². The van der Waals surface area contributed by atoms with Crippen molar-refractivity contribution in [2.45, 2.75) is 32.9 Å². The van der Waals surface area contributed by atoms with Gasteiger partial charge in [-0.3, -0.25) is 0 Å². The molecule has 8 heteroatoms. The summed E-state index contributed by atoms with van der Waals surface area (Å²) < 4.78 is 10.4. The SMILES string of the molecule is COc1ccc(CN=C(N)N2CCN(C(=O)OC(C)(C)C)CC2)cn1. The molecule has 0 bridgehead atoms. The number of methoxy groups -OCH3 is 1. The van der Waals surface area contributed by atoms with Crippen molar-refractivity contribution < 1.29 is 14.3 Å². The molecule has 1 fully saturated rings. The average molecular weight is 349 g/mol. The lowest BCUT2D eigenvalue weighted by molar-refractivity contribution is 0.0186. The number of nitrogens with two attached hydrogens (primary N) is 1. The number of amides is 1. The second kappa shape index (κ2) is 8.04. The zero-order valence-electron chi connectivity index (χ0n) is 15.4. The molecule has 1 aromatic rings. The summed E-state index contributed by atoms with van der Waals surface area (Å²) in [5.41, 5.74) is 6.54. The van der Waals surface area contributed by atoms with Crippen LogP contribution < -0.4 is 10.5 Å². The maximum atomic E-state index is 12.1. The van der Waals surface area contributed by atoms with E-state index >= 15 is 0 Å². The van der Waals surface area contributed by atoms with Gasteiger partial charge in [0.05, 0.1) is 13.7 Å². The molecule has 138 valence electrons. The minimum absolute atomic E-state index is 0.285. The van der Waals surface area contributed by atoms with Crippen molar-refractivity contribution in [1.82, 2.24) is 14.8 Å². The lowest BCUT2D eigenvalue weighted by Crippen LogP contribution is -2.53. The molecular weight excluding hydrogens is 322 g/mol. The largest absolute Gasteiger partial charge is 0.481 e. The molecule has 1 aromatic heterocycles. The molecule has 1 saturated heterocycles. The van der Waals surface area contributed by atoms with Crippen molar-refractivity contribution in [3.8, 4) is 5.88 Å². The van der Waals surface area contributed by atoms with E-state index < -0.39 is 5.60 Å². The summed E-state index contributed by atoms with van der Waals surface area (Å²) in [5.74, 6) is 1.04. The molecule has 0 saturated carbocycles. The second-order valence-electron chi connectivity index (χ2n) is 6.84. The van der Waals surface area contributed by atoms with Crippen LogP contribution in [-0.2, 0) is 11.3 Å². The van der Waals surface area contributed by atoms with Gasteiger partial charge in [-0.05, 0) is 26.3 Å². The van der Waals surface area contributed by atoms with E-state index in [4.69, 9.17) is 15.2 Å². The summed E-state index contributed by atoms with van der Waals surface area (Å²) >= 11 is 0. The third-order valence-corrected chi connectivity index (χ3v) is 3.69. The van der Waals surface area contributed by atoms with E-state index in [1.54, 1.807) is 24.3 Å². The average Bonchev–Trinajstić information content (AvgIpc) is 2.58. The van der Waals surface area contributed by atoms with Gasteiger partial charge in [-0.1, -0.05) is 6.07 Å². The predicted molar refractivity (Wildman–Crippen MR) is 95.5 cm³/mol. The van der Waals surface area contributed by atoms with Crippen molar-refractivity contribution in [2.24, 2.45) is 10.7 Å². The molecule has 0 radical (unpaired) electrons. The topological polar surface area (TPSA) is 93.3 Å². The first-order valence-electron chi connectivity index (χ1n) is 8.30. The number of piperazine rings is 1. The molecule has 2 N–H and O–H groups in total. The number of ether oxygens (including phenoxy) is 2. The summed E-state index contributed by atoms with van der Waals surface area (Å²) in [7, 11) is 1.58. The van der Waals surface area contributed by atoms with Crippen LogP contribution in [0.15, 0.2) is 23.3 Å². The van der Waals surface area contributed by atoms with Crippen molar-refractivity contribution in [3.63, 3.8) is 0 Å². The molecule has 0 spiro atoms. The first-order chi connectivity index (χ1) is 11.8. The molecule has 0 unspecified atom stereocenters. The maximum Gasteiger partial charge on any atom is 0.410 e. The van der Waals surface area contributed by atoms with Crippen LogP contribution in [0.4, 0.5) is 4.79 Å². The zero-order chi connectivity index (χ0) is 18.4. The minimum Gasteiger partial charge on any atom is -0.481 e. The molecular formula is C17H27N5O3. The maximum absolute atomic E-state index is 12.1. The molecule has 0 aliphatic carbocycles. The molecule has 1 aliphatic rings. The molecule has 1 amide bonds.